The molecule has 2 N–H and O–H groups in total. The van der Waals surface area contributed by atoms with Gasteiger partial charge >= 0.3 is 0 Å². The van der Waals surface area contributed by atoms with Gasteiger partial charge in [0.05, 0.1) is 6.61 Å². The van der Waals surface area contributed by atoms with Crippen molar-refractivity contribution in [3.8, 4) is 0 Å². The molecule has 1 aromatic carbocycles. The largest absolute Gasteiger partial charge is 0.392 e. The number of benzene rings is 1. The van der Waals surface area contributed by atoms with Crippen LogP contribution in [0.3, 0.4) is 0 Å². The van der Waals surface area contributed by atoms with Crippen LogP contribution in [0.25, 0.3) is 0 Å². The molecule has 1 heterocycles. The lowest BCUT2D eigenvalue weighted by Crippen LogP contribution is -2.14. The molecule has 1 aromatic heterocycles. The first kappa shape index (κ1) is 15.4. The summed E-state index contributed by atoms with van der Waals surface area (Å²) < 4.78 is 27.7. The van der Waals surface area contributed by atoms with Crippen LogP contribution in [0.1, 0.15) is 16.0 Å². The molecule has 5 nitrogen and oxygen atoms in total. The predicted octanol–water partition coefficient (Wildman–Crippen LogP) is 2.82. The van der Waals surface area contributed by atoms with Gasteiger partial charge in [-0.25, -0.2) is 13.4 Å². The molecule has 8 heteroatoms. The number of nitrogens with one attached hydrogen (secondary N) is 1. The van der Waals surface area contributed by atoms with Crippen molar-refractivity contribution in [1.82, 2.24) is 4.98 Å². The number of aliphatic hydroxyl groups is 1. The third kappa shape index (κ3) is 3.20. The molecule has 0 bridgehead atoms. The second-order valence-corrected chi connectivity index (χ2v) is 7.94. The van der Waals surface area contributed by atoms with Crippen LogP contribution in [-0.2, 0) is 16.6 Å². The van der Waals surface area contributed by atoms with Crippen molar-refractivity contribution in [2.24, 2.45) is 0 Å². The Bertz CT molecular complexity index is 741. The number of hydrogen-bond acceptors (Lipinski definition) is 5. The number of rotatable bonds is 4. The lowest BCUT2D eigenvalue weighted by atomic mass is 10.1. The number of nitrogens with zero attached hydrogens (tertiary/aromatic N) is 1. The van der Waals surface area contributed by atoms with Crippen molar-refractivity contribution >= 4 is 42.4 Å². The van der Waals surface area contributed by atoms with Gasteiger partial charge in [0, 0.05) is 15.5 Å². The van der Waals surface area contributed by atoms with Crippen LogP contribution in [0.4, 0.5) is 5.13 Å². The number of aryl methyl sites for hydroxylation is 2. The van der Waals surface area contributed by atoms with E-state index >= 15 is 0 Å². The molecule has 0 aliphatic carbocycles. The van der Waals surface area contributed by atoms with E-state index in [0.29, 0.717) is 15.2 Å². The van der Waals surface area contributed by atoms with E-state index < -0.39 is 10.0 Å². The van der Waals surface area contributed by atoms with E-state index in [0.717, 1.165) is 10.4 Å². The van der Waals surface area contributed by atoms with E-state index in [4.69, 9.17) is 0 Å². The Morgan fingerprint density at radius 1 is 1.40 bits per heavy atom. The smallest absolute Gasteiger partial charge is 0.264 e. The van der Waals surface area contributed by atoms with E-state index in [1.807, 2.05) is 6.92 Å². The first-order chi connectivity index (χ1) is 9.33. The van der Waals surface area contributed by atoms with Crippen molar-refractivity contribution in [1.29, 1.82) is 0 Å². The number of thiazole rings is 1. The molecule has 0 fully saturated rings. The highest BCUT2D eigenvalue weighted by atomic mass is 79.9. The van der Waals surface area contributed by atoms with Crippen LogP contribution < -0.4 is 4.72 Å². The van der Waals surface area contributed by atoms with Crippen molar-refractivity contribution < 1.29 is 13.5 Å². The van der Waals surface area contributed by atoms with Crippen molar-refractivity contribution in [2.45, 2.75) is 25.3 Å². The number of hydrogen-bond donors (Lipinski definition) is 2. The van der Waals surface area contributed by atoms with Gasteiger partial charge in [0.1, 0.15) is 4.90 Å². The normalized spacial score (nSPS) is 11.6. The number of anilines is 1. The SMILES string of the molecule is Cc1cnc(NS(=O)(=O)c2cc(CO)cc(C)c2Br)s1. The van der Waals surface area contributed by atoms with E-state index in [1.165, 1.54) is 17.4 Å². The predicted molar refractivity (Wildman–Crippen MR) is 82.5 cm³/mol. The summed E-state index contributed by atoms with van der Waals surface area (Å²) in [5, 5.41) is 9.52. The average molecular weight is 377 g/mol. The molecular weight excluding hydrogens is 364 g/mol. The Morgan fingerprint density at radius 3 is 2.65 bits per heavy atom. The minimum Gasteiger partial charge on any atom is -0.392 e. The number of aliphatic hydroxyl groups excluding tert-OH is 1. The Kier molecular flexibility index (Phi) is 4.48. The first-order valence-electron chi connectivity index (χ1n) is 5.68. The zero-order chi connectivity index (χ0) is 14.9. The second kappa shape index (κ2) is 5.80. The molecule has 0 saturated carbocycles. The third-order valence-electron chi connectivity index (χ3n) is 2.60. The zero-order valence-corrected chi connectivity index (χ0v) is 14.1. The topological polar surface area (TPSA) is 79.3 Å². The van der Waals surface area contributed by atoms with Gasteiger partial charge in [-0.2, -0.15) is 0 Å². The summed E-state index contributed by atoms with van der Waals surface area (Å²) in [6, 6.07) is 3.18. The van der Waals surface area contributed by atoms with Crippen molar-refractivity contribution in [3.63, 3.8) is 0 Å². The van der Waals surface area contributed by atoms with Crippen LogP contribution in [0, 0.1) is 13.8 Å². The molecule has 0 spiro atoms. The molecule has 20 heavy (non-hydrogen) atoms. The summed E-state index contributed by atoms with van der Waals surface area (Å²) in [5.74, 6) is 0. The standard InChI is InChI=1S/C12H13BrN2O3S2/c1-7-3-9(6-16)4-10(11(7)13)20(17,18)15-12-14-5-8(2)19-12/h3-5,16H,6H2,1-2H3,(H,14,15). The summed E-state index contributed by atoms with van der Waals surface area (Å²) in [6.07, 6.45) is 1.60. The minimum atomic E-state index is -3.75. The van der Waals surface area contributed by atoms with Gasteiger partial charge in [-0.1, -0.05) is 6.07 Å². The van der Waals surface area contributed by atoms with E-state index in [1.54, 1.807) is 19.2 Å². The van der Waals surface area contributed by atoms with Gasteiger partial charge in [-0.15, -0.1) is 11.3 Å². The molecule has 2 rings (SSSR count). The Balaban J connectivity index is 2.46. The second-order valence-electron chi connectivity index (χ2n) is 4.26. The lowest BCUT2D eigenvalue weighted by molar-refractivity contribution is 0.281. The molecule has 0 radical (unpaired) electrons. The highest BCUT2D eigenvalue weighted by Gasteiger charge is 2.21. The van der Waals surface area contributed by atoms with Crippen LogP contribution >= 0.6 is 27.3 Å². The third-order valence-corrected chi connectivity index (χ3v) is 6.23. The Labute approximate surface area is 129 Å². The summed E-state index contributed by atoms with van der Waals surface area (Å²) in [6.45, 7) is 3.41. The van der Waals surface area contributed by atoms with Gasteiger partial charge in [-0.05, 0) is 47.0 Å². The Morgan fingerprint density at radius 2 is 2.10 bits per heavy atom. The summed E-state index contributed by atoms with van der Waals surface area (Å²) in [5.41, 5.74) is 1.29. The monoisotopic (exact) mass is 376 g/mol. The fraction of sp³-hybridized carbons (Fsp3) is 0.250. The maximum Gasteiger partial charge on any atom is 0.264 e. The van der Waals surface area contributed by atoms with E-state index in [2.05, 4.69) is 25.6 Å². The van der Waals surface area contributed by atoms with Crippen molar-refractivity contribution in [3.05, 3.63) is 38.8 Å². The fourth-order valence-corrected chi connectivity index (χ4v) is 4.64. The maximum absolute atomic E-state index is 12.4. The molecule has 0 aliphatic heterocycles. The highest BCUT2D eigenvalue weighted by Crippen LogP contribution is 2.29. The average Bonchev–Trinajstić information content (AvgIpc) is 2.76. The molecule has 0 amide bonds. The van der Waals surface area contributed by atoms with Crippen LogP contribution in [0.2, 0.25) is 0 Å². The molecule has 0 aliphatic rings. The molecule has 2 aromatic rings. The van der Waals surface area contributed by atoms with Gasteiger partial charge in [0.25, 0.3) is 10.0 Å². The van der Waals surface area contributed by atoms with Crippen LogP contribution in [0.5, 0.6) is 0 Å². The zero-order valence-electron chi connectivity index (χ0n) is 10.8. The van der Waals surface area contributed by atoms with Gasteiger partial charge in [-0.3, -0.25) is 4.72 Å². The molecule has 0 atom stereocenters. The lowest BCUT2D eigenvalue weighted by Gasteiger charge is -2.11. The summed E-state index contributed by atoms with van der Waals surface area (Å²) in [4.78, 5) is 5.00. The highest BCUT2D eigenvalue weighted by molar-refractivity contribution is 9.10. The Hall–Kier alpha value is -0.960. The number of halogens is 1. The van der Waals surface area contributed by atoms with Crippen LogP contribution in [-0.4, -0.2) is 18.5 Å². The maximum atomic E-state index is 12.4. The minimum absolute atomic E-state index is 0.0920. The summed E-state index contributed by atoms with van der Waals surface area (Å²) >= 11 is 4.54. The van der Waals surface area contributed by atoms with E-state index in [9.17, 15) is 13.5 Å². The molecule has 0 saturated heterocycles. The fourth-order valence-electron chi connectivity index (χ4n) is 1.67. The summed E-state index contributed by atoms with van der Waals surface area (Å²) in [7, 11) is -3.75. The van der Waals surface area contributed by atoms with Crippen molar-refractivity contribution in [2.75, 3.05) is 4.72 Å². The van der Waals surface area contributed by atoms with Gasteiger partial charge in [0.2, 0.25) is 0 Å². The first-order valence-corrected chi connectivity index (χ1v) is 8.78. The quantitative estimate of drug-likeness (QED) is 0.859. The van der Waals surface area contributed by atoms with Gasteiger partial charge < -0.3 is 5.11 Å². The molecular formula is C12H13BrN2O3S2. The molecule has 0 unspecified atom stereocenters. The number of aromatic nitrogens is 1. The van der Waals surface area contributed by atoms with Crippen LogP contribution in [0.15, 0.2) is 27.7 Å². The van der Waals surface area contributed by atoms with Gasteiger partial charge in [0.15, 0.2) is 5.13 Å². The van der Waals surface area contributed by atoms with E-state index in [-0.39, 0.29) is 11.5 Å². The molecule has 108 valence electrons. The number of sulfonamides is 1.